The molecule has 0 aromatic heterocycles. The average Bonchev–Trinajstić information content (AvgIpc) is 1.45. The molecule has 3 aliphatic heterocycles. The summed E-state index contributed by atoms with van der Waals surface area (Å²) in [4.78, 5) is 0. The lowest BCUT2D eigenvalue weighted by Crippen LogP contribution is -2.32. The smallest absolute Gasteiger partial charge is 0.172 e. The minimum atomic E-state index is -3.59. The van der Waals surface area contributed by atoms with Crippen LogP contribution in [0.1, 0.15) is 66.8 Å². The SMILES string of the molecule is O=P1(c2ccc3c(c2)C2(c4ccccc4-c4ccccc42)c2c-3c3c(c4c2-c2ccc(P5(=O)c6ccccc6-c6ccccc65)cc2C42c4ccccc4-c4ccccc42)-c2ccc(P4(=O)c5ccccc5-c5ccccc54)cc2C32c3ccccc3-c3ccccc32)c2ccccc2-c2ccccc21. The molecule has 3 nitrogen and oxygen atoms in total. The standard InChI is InChI=1S/C99H57O3P3/c100-103(85-43-19-7-31-67(85)68-32-8-20-44-86(68)103)58-49-52-73-82(55-58)97(76-37-13-1-25-61(76)62-26-2-14-38-77(62)97)94-91(73)95-93(75-54-51-60(105(102)89-47-23-11-35-71(89)72-36-12-24-48-90(72)105)57-84(75)99(95)80-41-17-5-29-65(80)66-30-6-18-42-81(66)99)96-92(94)74-53-50-59(104(101)87-45-21-9-33-69(87)70-34-10-22-46-88(70)104)56-83(74)98(96)78-39-15-3-27-63(78)64-28-4-16-40-79(64)98/h1-57H. The van der Waals surface area contributed by atoms with Gasteiger partial charge in [-0.05, 0) is 185 Å². The summed E-state index contributed by atoms with van der Waals surface area (Å²) in [5.41, 5.74) is 30.4. The Kier molecular flexibility index (Phi) is 10.7. The van der Waals surface area contributed by atoms with E-state index < -0.39 is 37.7 Å². The van der Waals surface area contributed by atoms with E-state index in [1.807, 2.05) is 0 Å². The fraction of sp³-hybridized carbons (Fsp3) is 0.0303. The first-order chi connectivity index (χ1) is 51.8. The summed E-state index contributed by atoms with van der Waals surface area (Å²) < 4.78 is 52.8. The van der Waals surface area contributed by atoms with Crippen molar-refractivity contribution in [2.24, 2.45) is 0 Å². The Hall–Kier alpha value is -11.8. The van der Waals surface area contributed by atoms with Gasteiger partial charge in [-0.15, -0.1) is 0 Å². The van der Waals surface area contributed by atoms with E-state index in [9.17, 15) is 0 Å². The highest BCUT2D eigenvalue weighted by molar-refractivity contribution is 7.87. The number of hydrogen-bond donors (Lipinski definition) is 0. The van der Waals surface area contributed by atoms with Crippen molar-refractivity contribution in [1.29, 1.82) is 0 Å². The summed E-state index contributed by atoms with van der Waals surface area (Å²) in [6, 6.07) is 126. The average molecular weight is 1390 g/mol. The second-order valence-electron chi connectivity index (χ2n) is 29.9. The molecule has 16 aromatic carbocycles. The molecule has 6 aliphatic carbocycles. The van der Waals surface area contributed by atoms with Crippen LogP contribution in [0, 0.1) is 0 Å². The van der Waals surface area contributed by atoms with Gasteiger partial charge in [0.2, 0.25) is 0 Å². The Morgan fingerprint density at radius 1 is 0.162 bits per heavy atom. The summed E-state index contributed by atoms with van der Waals surface area (Å²) in [7, 11) is -10.8. The molecule has 9 aliphatic rings. The van der Waals surface area contributed by atoms with E-state index >= 15 is 13.7 Å². The molecule has 105 heavy (non-hydrogen) atoms. The highest BCUT2D eigenvalue weighted by Gasteiger charge is 2.66. The lowest BCUT2D eigenvalue weighted by Gasteiger charge is -2.37. The van der Waals surface area contributed by atoms with Gasteiger partial charge in [0, 0.05) is 47.7 Å². The second-order valence-corrected chi connectivity index (χ2v) is 38.0. The van der Waals surface area contributed by atoms with Crippen molar-refractivity contribution in [2.45, 2.75) is 16.2 Å². The van der Waals surface area contributed by atoms with Gasteiger partial charge >= 0.3 is 0 Å². The summed E-state index contributed by atoms with van der Waals surface area (Å²) >= 11 is 0. The predicted octanol–water partition coefficient (Wildman–Crippen LogP) is 19.6. The lowest BCUT2D eigenvalue weighted by atomic mass is 9.63. The molecule has 0 amide bonds. The van der Waals surface area contributed by atoms with E-state index in [1.54, 1.807) is 0 Å². The topological polar surface area (TPSA) is 51.2 Å². The van der Waals surface area contributed by atoms with E-state index in [4.69, 9.17) is 0 Å². The normalized spacial score (nSPS) is 16.6. The van der Waals surface area contributed by atoms with Gasteiger partial charge in [0.1, 0.15) is 0 Å². The van der Waals surface area contributed by atoms with Gasteiger partial charge < -0.3 is 13.7 Å². The van der Waals surface area contributed by atoms with Gasteiger partial charge in [0.05, 0.1) is 16.2 Å². The molecule has 16 aromatic rings. The van der Waals surface area contributed by atoms with Crippen LogP contribution >= 0.6 is 21.4 Å². The van der Waals surface area contributed by atoms with Crippen molar-refractivity contribution in [2.75, 3.05) is 0 Å². The molecule has 0 unspecified atom stereocenters. The van der Waals surface area contributed by atoms with E-state index in [0.717, 1.165) is 165 Å². The molecule has 0 atom stereocenters. The Morgan fingerprint density at radius 3 is 0.533 bits per heavy atom. The molecule has 0 saturated carbocycles. The number of benzene rings is 16. The third-order valence-corrected chi connectivity index (χ3v) is 35.4. The number of fused-ring (bicyclic) bond motifs is 42. The lowest BCUT2D eigenvalue weighted by molar-refractivity contribution is 0.592. The molecular formula is C99H57O3P3. The third kappa shape index (κ3) is 6.30. The van der Waals surface area contributed by atoms with Crippen LogP contribution in [0.3, 0.4) is 0 Å². The van der Waals surface area contributed by atoms with Crippen LogP contribution in [0.2, 0.25) is 0 Å². The van der Waals surface area contributed by atoms with Crippen molar-refractivity contribution in [3.8, 4) is 100 Å². The number of rotatable bonds is 3. The summed E-state index contributed by atoms with van der Waals surface area (Å²) in [5.74, 6) is 0. The van der Waals surface area contributed by atoms with Crippen LogP contribution in [0.15, 0.2) is 346 Å². The van der Waals surface area contributed by atoms with Crippen LogP contribution < -0.4 is 47.7 Å². The maximum Gasteiger partial charge on any atom is 0.172 e. The number of hydrogen-bond acceptors (Lipinski definition) is 3. The quantitative estimate of drug-likeness (QED) is 0.166. The highest BCUT2D eigenvalue weighted by atomic mass is 31.2. The van der Waals surface area contributed by atoms with Crippen molar-refractivity contribution < 1.29 is 13.7 Å². The molecule has 486 valence electrons. The Balaban J connectivity index is 0.919. The zero-order valence-electron chi connectivity index (χ0n) is 56.5. The predicted molar refractivity (Wildman–Crippen MR) is 430 cm³/mol. The van der Waals surface area contributed by atoms with Gasteiger partial charge in [0.25, 0.3) is 0 Å². The first kappa shape index (κ1) is 57.7. The fourth-order valence-electron chi connectivity index (χ4n) is 22.3. The molecule has 3 heterocycles. The van der Waals surface area contributed by atoms with Crippen molar-refractivity contribution >= 4 is 69.2 Å². The molecule has 0 bridgehead atoms. The molecular weight excluding hydrogens is 1330 g/mol. The zero-order valence-corrected chi connectivity index (χ0v) is 59.2. The minimum absolute atomic E-state index is 0.795. The Morgan fingerprint density at radius 2 is 0.333 bits per heavy atom. The van der Waals surface area contributed by atoms with Crippen molar-refractivity contribution in [3.63, 3.8) is 0 Å². The van der Waals surface area contributed by atoms with Crippen LogP contribution in [0.25, 0.3) is 100 Å². The third-order valence-electron chi connectivity index (χ3n) is 25.9. The molecule has 3 spiro atoms. The Bertz CT molecular complexity index is 6040. The van der Waals surface area contributed by atoms with Gasteiger partial charge in [-0.25, -0.2) is 0 Å². The van der Waals surface area contributed by atoms with Crippen molar-refractivity contribution in [1.82, 2.24) is 0 Å². The summed E-state index contributed by atoms with van der Waals surface area (Å²) in [6.07, 6.45) is 0. The monoisotopic (exact) mass is 1390 g/mol. The summed E-state index contributed by atoms with van der Waals surface area (Å²) in [6.45, 7) is 0. The zero-order chi connectivity index (χ0) is 68.8. The molecule has 0 saturated heterocycles. The highest BCUT2D eigenvalue weighted by Crippen LogP contribution is 2.78. The fourth-order valence-corrected chi connectivity index (χ4v) is 31.5. The van der Waals surface area contributed by atoms with Crippen molar-refractivity contribution in [3.05, 3.63) is 413 Å². The van der Waals surface area contributed by atoms with Gasteiger partial charge in [-0.1, -0.05) is 328 Å². The maximum absolute atomic E-state index is 17.6. The maximum atomic E-state index is 17.6. The first-order valence-electron chi connectivity index (χ1n) is 36.5. The van der Waals surface area contributed by atoms with Gasteiger partial charge in [-0.3, -0.25) is 0 Å². The molecule has 6 heteroatoms. The largest absolute Gasteiger partial charge is 0.309 e. The van der Waals surface area contributed by atoms with E-state index in [1.165, 1.54) is 50.1 Å². The molecule has 25 rings (SSSR count). The van der Waals surface area contributed by atoms with Crippen LogP contribution in [0.4, 0.5) is 0 Å². The minimum Gasteiger partial charge on any atom is -0.309 e. The first-order valence-corrected chi connectivity index (χ1v) is 41.6. The van der Waals surface area contributed by atoms with Crippen LogP contribution in [0.5, 0.6) is 0 Å². The van der Waals surface area contributed by atoms with E-state index in [2.05, 4.69) is 346 Å². The second kappa shape index (κ2) is 19.5. The van der Waals surface area contributed by atoms with Gasteiger partial charge in [-0.2, -0.15) is 0 Å². The van der Waals surface area contributed by atoms with E-state index in [-0.39, 0.29) is 0 Å². The van der Waals surface area contributed by atoms with Crippen LogP contribution in [-0.2, 0) is 29.9 Å². The Labute approximate surface area is 607 Å². The van der Waals surface area contributed by atoms with Crippen LogP contribution in [-0.4, -0.2) is 0 Å². The van der Waals surface area contributed by atoms with E-state index in [0.29, 0.717) is 0 Å². The molecule has 0 N–H and O–H groups in total. The molecule has 0 fully saturated rings. The molecule has 0 radical (unpaired) electrons. The summed E-state index contributed by atoms with van der Waals surface area (Å²) in [5, 5.41) is 7.54. The van der Waals surface area contributed by atoms with Gasteiger partial charge in [0.15, 0.2) is 21.4 Å².